The monoisotopic (exact) mass is 371 g/mol. The Morgan fingerprint density at radius 1 is 1.00 bits per heavy atom. The van der Waals surface area contributed by atoms with Crippen LogP contribution in [0.5, 0.6) is 17.2 Å². The van der Waals surface area contributed by atoms with Gasteiger partial charge in [-0.25, -0.2) is 0 Å². The van der Waals surface area contributed by atoms with Crippen molar-refractivity contribution in [2.75, 3.05) is 34.4 Å². The molecule has 5 heteroatoms. The Balaban J connectivity index is 1.63. The topological polar surface area (TPSA) is 51.2 Å². The van der Waals surface area contributed by atoms with Gasteiger partial charge >= 0.3 is 0 Å². The van der Waals surface area contributed by atoms with Gasteiger partial charge in [0.25, 0.3) is 0 Å². The number of aliphatic hydroxyl groups is 1. The van der Waals surface area contributed by atoms with Gasteiger partial charge in [0.1, 0.15) is 5.75 Å². The number of hydrogen-bond acceptors (Lipinski definition) is 5. The molecule has 2 aromatic rings. The summed E-state index contributed by atoms with van der Waals surface area (Å²) in [5.74, 6) is 2.38. The van der Waals surface area contributed by atoms with E-state index in [4.69, 9.17) is 14.2 Å². The minimum absolute atomic E-state index is 0.470. The van der Waals surface area contributed by atoms with Crippen LogP contribution in [0.3, 0.4) is 0 Å². The van der Waals surface area contributed by atoms with E-state index in [0.29, 0.717) is 6.42 Å². The van der Waals surface area contributed by atoms with Crippen LogP contribution in [-0.2, 0) is 13.0 Å². The number of hydrogen-bond donors (Lipinski definition) is 1. The van der Waals surface area contributed by atoms with Crippen LogP contribution in [0.25, 0.3) is 0 Å². The zero-order valence-electron chi connectivity index (χ0n) is 16.6. The molecule has 1 N–H and O–H groups in total. The molecule has 0 aromatic heterocycles. The third-order valence-corrected chi connectivity index (χ3v) is 5.35. The average Bonchev–Trinajstić information content (AvgIpc) is 2.70. The number of rotatable bonds is 7. The second-order valence-electron chi connectivity index (χ2n) is 7.03. The molecule has 1 atom stereocenters. The fourth-order valence-electron chi connectivity index (χ4n) is 3.74. The van der Waals surface area contributed by atoms with Gasteiger partial charge in [-0.3, -0.25) is 4.90 Å². The Morgan fingerprint density at radius 3 is 2.33 bits per heavy atom. The number of fused-ring (bicyclic) bond motifs is 1. The third kappa shape index (κ3) is 4.37. The summed E-state index contributed by atoms with van der Waals surface area (Å²) in [6.07, 6.45) is 1.21. The van der Waals surface area contributed by atoms with Crippen molar-refractivity contribution in [1.82, 2.24) is 4.90 Å². The van der Waals surface area contributed by atoms with Crippen LogP contribution in [0.4, 0.5) is 0 Å². The molecule has 2 aromatic carbocycles. The van der Waals surface area contributed by atoms with Gasteiger partial charge in [0.05, 0.1) is 27.4 Å². The lowest BCUT2D eigenvalue weighted by Crippen LogP contribution is -2.32. The Labute approximate surface area is 161 Å². The van der Waals surface area contributed by atoms with E-state index in [9.17, 15) is 5.11 Å². The summed E-state index contributed by atoms with van der Waals surface area (Å²) in [6.45, 7) is 4.71. The number of nitrogens with zero attached hydrogens (tertiary/aromatic N) is 1. The molecule has 0 spiro atoms. The Hall–Kier alpha value is -2.24. The summed E-state index contributed by atoms with van der Waals surface area (Å²) in [6, 6.07) is 9.99. The number of benzene rings is 2. The molecule has 0 fully saturated rings. The van der Waals surface area contributed by atoms with Crippen LogP contribution < -0.4 is 14.2 Å². The minimum Gasteiger partial charge on any atom is -0.497 e. The normalized spacial score (nSPS) is 15.1. The molecular formula is C22H29NO4. The Morgan fingerprint density at radius 2 is 1.70 bits per heavy atom. The summed E-state index contributed by atoms with van der Waals surface area (Å²) >= 11 is 0. The van der Waals surface area contributed by atoms with E-state index >= 15 is 0 Å². The Bertz CT molecular complexity index is 790. The molecule has 1 aliphatic rings. The molecule has 1 aliphatic heterocycles. The van der Waals surface area contributed by atoms with Crippen molar-refractivity contribution in [3.63, 3.8) is 0 Å². The molecule has 0 saturated heterocycles. The van der Waals surface area contributed by atoms with Crippen molar-refractivity contribution in [2.24, 2.45) is 0 Å². The summed E-state index contributed by atoms with van der Waals surface area (Å²) in [4.78, 5) is 2.39. The van der Waals surface area contributed by atoms with E-state index in [-0.39, 0.29) is 0 Å². The standard InChI is InChI=1S/C22H29NO4/c1-15-11-18(25-2)5-6-19(15)20(24)8-10-23-9-7-16-12-21(26-3)22(27-4)13-17(16)14-23/h5-6,11-13,20,24H,7-10,14H2,1-4H3. The van der Waals surface area contributed by atoms with Crippen LogP contribution in [0.15, 0.2) is 30.3 Å². The first-order valence-electron chi connectivity index (χ1n) is 9.34. The fraction of sp³-hybridized carbons (Fsp3) is 0.455. The van der Waals surface area contributed by atoms with E-state index < -0.39 is 6.10 Å². The van der Waals surface area contributed by atoms with Gasteiger partial charge in [-0.15, -0.1) is 0 Å². The maximum atomic E-state index is 10.6. The largest absolute Gasteiger partial charge is 0.497 e. The number of methoxy groups -OCH3 is 3. The smallest absolute Gasteiger partial charge is 0.161 e. The van der Waals surface area contributed by atoms with E-state index in [2.05, 4.69) is 17.0 Å². The SMILES string of the molecule is COc1ccc(C(O)CCN2CCc3cc(OC)c(OC)cc3C2)c(C)c1. The maximum absolute atomic E-state index is 10.6. The predicted molar refractivity (Wildman–Crippen MR) is 106 cm³/mol. The molecule has 3 rings (SSSR count). The van der Waals surface area contributed by atoms with Gasteiger partial charge in [0.2, 0.25) is 0 Å². The highest BCUT2D eigenvalue weighted by Crippen LogP contribution is 2.33. The predicted octanol–water partition coefficient (Wildman–Crippen LogP) is 3.50. The second-order valence-corrected chi connectivity index (χ2v) is 7.03. The van der Waals surface area contributed by atoms with Crippen molar-refractivity contribution in [1.29, 1.82) is 0 Å². The maximum Gasteiger partial charge on any atom is 0.161 e. The summed E-state index contributed by atoms with van der Waals surface area (Å²) in [5, 5.41) is 10.6. The van der Waals surface area contributed by atoms with Gasteiger partial charge in [0, 0.05) is 19.6 Å². The lowest BCUT2D eigenvalue weighted by Gasteiger charge is -2.30. The van der Waals surface area contributed by atoms with Crippen molar-refractivity contribution in [2.45, 2.75) is 32.4 Å². The molecule has 0 saturated carbocycles. The molecule has 5 nitrogen and oxygen atoms in total. The molecule has 0 radical (unpaired) electrons. The minimum atomic E-state index is -0.470. The van der Waals surface area contributed by atoms with E-state index in [1.54, 1.807) is 21.3 Å². The average molecular weight is 371 g/mol. The lowest BCUT2D eigenvalue weighted by atomic mass is 9.97. The van der Waals surface area contributed by atoms with Gasteiger partial charge in [0.15, 0.2) is 11.5 Å². The molecule has 1 heterocycles. The molecule has 0 amide bonds. The van der Waals surface area contributed by atoms with Gasteiger partial charge in [-0.1, -0.05) is 6.07 Å². The van der Waals surface area contributed by atoms with Crippen molar-refractivity contribution in [3.05, 3.63) is 52.6 Å². The van der Waals surface area contributed by atoms with Crippen molar-refractivity contribution in [3.8, 4) is 17.2 Å². The van der Waals surface area contributed by atoms with E-state index in [0.717, 1.165) is 54.4 Å². The molecule has 146 valence electrons. The molecule has 0 bridgehead atoms. The second kappa shape index (κ2) is 8.63. The molecule has 1 unspecified atom stereocenters. The lowest BCUT2D eigenvalue weighted by molar-refractivity contribution is 0.137. The summed E-state index contributed by atoms with van der Waals surface area (Å²) in [5.41, 5.74) is 4.62. The zero-order chi connectivity index (χ0) is 19.4. The molecular weight excluding hydrogens is 342 g/mol. The van der Waals surface area contributed by atoms with Gasteiger partial charge in [-0.2, -0.15) is 0 Å². The van der Waals surface area contributed by atoms with Gasteiger partial charge < -0.3 is 19.3 Å². The van der Waals surface area contributed by atoms with Crippen LogP contribution in [0.1, 0.15) is 34.8 Å². The van der Waals surface area contributed by atoms with Crippen LogP contribution >= 0.6 is 0 Å². The van der Waals surface area contributed by atoms with Crippen LogP contribution in [0, 0.1) is 6.92 Å². The fourth-order valence-corrected chi connectivity index (χ4v) is 3.74. The first kappa shape index (κ1) is 19.5. The molecule has 27 heavy (non-hydrogen) atoms. The highest BCUT2D eigenvalue weighted by atomic mass is 16.5. The van der Waals surface area contributed by atoms with E-state index in [1.807, 2.05) is 25.1 Å². The molecule has 0 aliphatic carbocycles. The first-order valence-corrected chi connectivity index (χ1v) is 9.34. The van der Waals surface area contributed by atoms with Gasteiger partial charge in [-0.05, 0) is 66.3 Å². The first-order chi connectivity index (χ1) is 13.0. The number of ether oxygens (including phenoxy) is 3. The number of aryl methyl sites for hydroxylation is 1. The van der Waals surface area contributed by atoms with E-state index in [1.165, 1.54) is 11.1 Å². The van der Waals surface area contributed by atoms with Crippen LogP contribution in [-0.4, -0.2) is 44.4 Å². The highest BCUT2D eigenvalue weighted by Gasteiger charge is 2.20. The summed E-state index contributed by atoms with van der Waals surface area (Å²) < 4.78 is 16.1. The third-order valence-electron chi connectivity index (χ3n) is 5.35. The quantitative estimate of drug-likeness (QED) is 0.807. The van der Waals surface area contributed by atoms with Crippen molar-refractivity contribution >= 4 is 0 Å². The highest BCUT2D eigenvalue weighted by molar-refractivity contribution is 5.48. The van der Waals surface area contributed by atoms with Crippen molar-refractivity contribution < 1.29 is 19.3 Å². The number of aliphatic hydroxyl groups excluding tert-OH is 1. The summed E-state index contributed by atoms with van der Waals surface area (Å²) in [7, 11) is 4.99. The Kier molecular flexibility index (Phi) is 6.24. The zero-order valence-corrected chi connectivity index (χ0v) is 16.6. The van der Waals surface area contributed by atoms with Crippen LogP contribution in [0.2, 0.25) is 0 Å².